The van der Waals surface area contributed by atoms with Crippen LogP contribution in [-0.4, -0.2) is 137 Å². The number of carbonyl (C=O) groups excluding carboxylic acids is 1. The van der Waals surface area contributed by atoms with E-state index < -0.39 is 47.0 Å². The molecule has 0 unspecified atom stereocenters. The number of aliphatic carboxylic acids is 3. The van der Waals surface area contributed by atoms with Gasteiger partial charge in [-0.1, -0.05) is 184 Å². The fourth-order valence-corrected chi connectivity index (χ4v) is 25.8. The highest BCUT2D eigenvalue weighted by atomic mass is 127. The highest BCUT2D eigenvalue weighted by molar-refractivity contribution is 14.1. The van der Waals surface area contributed by atoms with E-state index in [9.17, 15) is 33.0 Å². The Kier molecular flexibility index (Phi) is 25.2. The third-order valence-electron chi connectivity index (χ3n) is 34.9. The van der Waals surface area contributed by atoms with Crippen LogP contribution in [0, 0.1) is 124 Å². The molecule has 4 aromatic rings. The van der Waals surface area contributed by atoms with E-state index in [1.807, 2.05) is 41.1 Å². The number of hydrogen-bond acceptors (Lipinski definition) is 15. The topological polar surface area (TPSA) is 282 Å². The van der Waals surface area contributed by atoms with Gasteiger partial charge >= 0.3 is 18.1 Å². The third-order valence-corrected chi connectivity index (χ3v) is 34.9. The Morgan fingerprint density at radius 2 is 0.940 bits per heavy atom. The number of nitrogens with two attached hydrogens (primary N) is 2. The summed E-state index contributed by atoms with van der Waals surface area (Å²) in [5, 5.41) is 41.1. The number of carboxylic acid groups (broad SMARTS) is 3. The zero-order valence-corrected chi connectivity index (χ0v) is 76.3. The Morgan fingerprint density at radius 3 is 1.27 bits per heavy atom. The minimum Gasteiger partial charge on any atom is -0.542 e. The minimum atomic E-state index is -5.19. The fourth-order valence-electron chi connectivity index (χ4n) is 25.8. The van der Waals surface area contributed by atoms with Gasteiger partial charge in [0, 0.05) is 68.4 Å². The Hall–Kier alpha value is -5.25. The largest absolute Gasteiger partial charge is 0.542 e. The van der Waals surface area contributed by atoms with Gasteiger partial charge in [0.05, 0.1) is 75.8 Å². The first-order valence-corrected chi connectivity index (χ1v) is 45.0. The van der Waals surface area contributed by atoms with Crippen LogP contribution in [0.2, 0.25) is 0 Å². The molecular weight excluding hydrogens is 1590 g/mol. The second kappa shape index (κ2) is 31.9. The number of carbonyl (C=O) groups is 3. The van der Waals surface area contributed by atoms with Crippen LogP contribution in [0.1, 0.15) is 241 Å². The Labute approximate surface area is 703 Å². The van der Waals surface area contributed by atoms with Crippen LogP contribution in [0.15, 0.2) is 85.0 Å². The van der Waals surface area contributed by atoms with E-state index in [1.54, 1.807) is 12.7 Å². The van der Waals surface area contributed by atoms with Crippen molar-refractivity contribution in [2.45, 2.75) is 271 Å². The van der Waals surface area contributed by atoms with Crippen molar-refractivity contribution in [3.05, 3.63) is 85.0 Å². The van der Waals surface area contributed by atoms with Gasteiger partial charge in [-0.3, -0.25) is 14.6 Å². The lowest BCUT2D eigenvalue weighted by Crippen LogP contribution is -2.69. The number of hydrogen-bond donors (Lipinski definition) is 4. The van der Waals surface area contributed by atoms with Gasteiger partial charge in [-0.05, 0) is 199 Å². The smallest absolute Gasteiger partial charge is 0.430 e. The van der Waals surface area contributed by atoms with Crippen LogP contribution in [0.25, 0.3) is 22.8 Å². The predicted molar refractivity (Wildman–Crippen MR) is 450 cm³/mol. The molecule has 24 atom stereocenters. The molecule has 0 spiro atoms. The van der Waals surface area contributed by atoms with Crippen LogP contribution in [0.5, 0.6) is 0 Å². The summed E-state index contributed by atoms with van der Waals surface area (Å²) in [5.74, 6) is -0.725. The summed E-state index contributed by atoms with van der Waals surface area (Å²) in [6.45, 7) is 53.3. The van der Waals surface area contributed by atoms with Gasteiger partial charge in [-0.2, -0.15) is 23.4 Å². The summed E-state index contributed by atoms with van der Waals surface area (Å²) in [7, 11) is 2.03. The van der Waals surface area contributed by atoms with Crippen LogP contribution < -0.4 is 21.1 Å². The molecule has 4 bridgehead atoms. The zero-order valence-electron chi connectivity index (χ0n) is 74.1. The van der Waals surface area contributed by atoms with Crippen molar-refractivity contribution in [3.63, 3.8) is 0 Å². The Morgan fingerprint density at radius 1 is 0.586 bits per heavy atom. The maximum atomic E-state index is 13.6. The van der Waals surface area contributed by atoms with Crippen LogP contribution >= 0.6 is 22.6 Å². The van der Waals surface area contributed by atoms with Gasteiger partial charge in [-0.25, -0.2) is 23.9 Å². The van der Waals surface area contributed by atoms with E-state index in [0.717, 1.165) is 99.8 Å². The van der Waals surface area contributed by atoms with Gasteiger partial charge in [-0.15, -0.1) is 0 Å². The summed E-state index contributed by atoms with van der Waals surface area (Å²) in [4.78, 5) is 51.9. The Balaban J connectivity index is 0.000000207. The predicted octanol–water partition coefficient (Wildman–Crippen LogP) is 17.0. The second-order valence-corrected chi connectivity index (χ2v) is 42.9. The van der Waals surface area contributed by atoms with Crippen LogP contribution in [0.4, 0.5) is 13.2 Å². The number of carboxylic acids is 3. The molecule has 8 fully saturated rings. The molecule has 6 saturated carbocycles. The molecule has 6 N–H and O–H groups in total. The van der Waals surface area contributed by atoms with Gasteiger partial charge in [0.15, 0.2) is 24.0 Å². The first-order valence-electron chi connectivity index (χ1n) is 42.8. The molecule has 14 rings (SSSR count). The summed E-state index contributed by atoms with van der Waals surface area (Å²) >= 11 is 2.15. The number of halogens is 4. The molecule has 20 nitrogen and oxygen atoms in total. The minimum absolute atomic E-state index is 0.105. The molecular formula is C92H140F3IN10O10. The van der Waals surface area contributed by atoms with Gasteiger partial charge in [0.25, 0.3) is 0 Å². The van der Waals surface area contributed by atoms with Gasteiger partial charge in [0.1, 0.15) is 25.7 Å². The van der Waals surface area contributed by atoms with E-state index in [0.29, 0.717) is 75.1 Å². The molecule has 2 saturated heterocycles. The fraction of sp³-hybridized carbons (Fsp3) is 0.772. The van der Waals surface area contributed by atoms with Crippen molar-refractivity contribution in [1.82, 2.24) is 34.5 Å². The first kappa shape index (κ1) is 91.5. The zero-order chi connectivity index (χ0) is 86.1. The van der Waals surface area contributed by atoms with Crippen molar-refractivity contribution in [2.75, 3.05) is 44.6 Å². The van der Waals surface area contributed by atoms with Crippen molar-refractivity contribution < 1.29 is 66.4 Å². The molecule has 24 heteroatoms. The van der Waals surface area contributed by atoms with Crippen molar-refractivity contribution in [3.8, 4) is 22.8 Å². The molecule has 0 radical (unpaired) electrons. The number of aromatic nitrogens is 8. The number of ether oxygens (including phenoxy) is 4. The van der Waals surface area contributed by atoms with Gasteiger partial charge < -0.3 is 50.5 Å². The number of rotatable bonds is 16. The van der Waals surface area contributed by atoms with Crippen molar-refractivity contribution in [1.29, 1.82) is 0 Å². The molecule has 0 aromatic carbocycles. The van der Waals surface area contributed by atoms with E-state index in [2.05, 4.69) is 226 Å². The van der Waals surface area contributed by atoms with Gasteiger partial charge in [0.2, 0.25) is 0 Å². The third kappa shape index (κ3) is 14.7. The quantitative estimate of drug-likeness (QED) is 0.0351. The highest BCUT2D eigenvalue weighted by Crippen LogP contribution is 2.78. The summed E-state index contributed by atoms with van der Waals surface area (Å²) in [6, 6.07) is 8.00. The molecule has 116 heavy (non-hydrogen) atoms. The summed E-state index contributed by atoms with van der Waals surface area (Å²) in [6.07, 6.45) is 21.9. The van der Waals surface area contributed by atoms with Crippen molar-refractivity contribution in [2.24, 2.45) is 143 Å². The lowest BCUT2D eigenvalue weighted by atomic mass is 9.34. The average Bonchev–Trinajstić information content (AvgIpc) is 0.700. The van der Waals surface area contributed by atoms with Crippen molar-refractivity contribution >= 4 is 40.5 Å². The van der Waals surface area contributed by atoms with E-state index >= 15 is 0 Å². The molecule has 646 valence electrons. The highest BCUT2D eigenvalue weighted by Gasteiger charge is 2.75. The molecule has 4 aromatic heterocycles. The molecule has 0 amide bonds. The molecule has 6 heterocycles. The first-order chi connectivity index (χ1) is 53.7. The number of pyridine rings is 2. The molecule has 2 aliphatic heterocycles. The molecule has 10 aliphatic rings. The monoisotopic (exact) mass is 1730 g/mol. The lowest BCUT2D eigenvalue weighted by molar-refractivity contribution is -0.671. The van der Waals surface area contributed by atoms with Crippen LogP contribution in [0.3, 0.4) is 0 Å². The van der Waals surface area contributed by atoms with E-state index in [1.165, 1.54) is 11.1 Å². The average molecular weight is 1730 g/mol. The number of aryl methyl sites for hydroxylation is 1. The number of fused-ring (bicyclic) bond motifs is 6. The normalized spacial score (nSPS) is 38.7. The number of allylic oxidation sites excluding steroid dienone is 2. The summed E-state index contributed by atoms with van der Waals surface area (Å²) < 4.78 is 65.9. The van der Waals surface area contributed by atoms with Crippen LogP contribution in [-0.2, 0) is 40.4 Å². The summed E-state index contributed by atoms with van der Waals surface area (Å²) in [5.41, 5.74) is 15.0. The number of nitrogens with zero attached hydrogens (tertiary/aromatic N) is 8. The molecule has 8 aliphatic carbocycles. The SMILES string of the molecule is CC(C)[C@@H](C)[C@@]1(C)CC[C@]2(C)[C@H]3CC[C@@H]4[C@@]5(COC[C@@]4(C)[C@@H](OC[C@](C)(N)C(C)(C)C)[C@H](n4ncnc4-c4cc[n+](C)cc4)C5)C3=CC[C@@]2(C)[C@@H]1C(=O)O.CC(C)[C@@H](C)[C@@]1(C)CC[C@]2(C)[C@H]3CC[C@@H]4[C@@]5(COC[C@@]4(C)[C@@H](OC[C@](C)(N)C(C)(C)C)[C@H](n4ncnc4-c4ccncc4)C5)C3=CC[C@@]2(C)[C@@H]1C(=O)O.CI.O=C([O-])C(F)(F)F. The second-order valence-electron chi connectivity index (χ2n) is 42.9. The van der Waals surface area contributed by atoms with E-state index in [4.69, 9.17) is 60.5 Å². The lowest BCUT2D eigenvalue weighted by Gasteiger charge is -2.71. The van der Waals surface area contributed by atoms with E-state index in [-0.39, 0.29) is 101 Å². The maximum Gasteiger partial charge on any atom is 0.430 e. The maximum absolute atomic E-state index is 13.6. The Bertz CT molecular complexity index is 4270. The number of alkyl halides is 4. The standard InChI is InChI=1S/C45H69N5O4.C44H67N5O4.C2HF3O2.CH3I/c1-28(2)29(3)40(7)19-20-42(9)31-13-14-34-41(8)24-53-26-45(34,32(31)15-18-43(42,10)35(40)38(51)52)23-33(36(41)54-25-44(11,46)39(4,5)6)50-37(47-27-48-50)30-16-21-49(12)22-17-30;1-27(2)28(3)39(7)18-19-41(9)30-12-13-33-40(8)23-52-25-44(33,31(30)14-17-42(41,10)34(39)37(50)51)22-32(35(40)53-24-43(11,45)38(4,5)6)49-36(47-26-48-49)29-15-20-46-21-16-29;3-2(4,5)1(6)7;1-2/h15-17,21-22,27-29,31,33-36H,13-14,18-20,23-26,46H2,1-12H3;14-16,20-21,26-28,30,32-35H,12-13,17-19,22-25,45H2,1-11H3,(H,50,51);(H,6,7);1H3/t29-,31+,33-,34+,35-,36+,40-,41-,42-,43+,44+,45+;28-,30+,32-,33+,34-,35+,39-,40-,41-,42+,43+,44+;;/m11../s1.